The van der Waals surface area contributed by atoms with Gasteiger partial charge >= 0.3 is 11.9 Å². The van der Waals surface area contributed by atoms with Crippen LogP contribution in [-0.4, -0.2) is 49.6 Å². The summed E-state index contributed by atoms with van der Waals surface area (Å²) in [6, 6.07) is 0. The number of H-pyrrole nitrogens is 2. The maximum absolute atomic E-state index is 12.3. The van der Waals surface area contributed by atoms with Crippen molar-refractivity contribution in [2.45, 2.75) is 60.3 Å². The first kappa shape index (κ1) is 31.0. The molecule has 1 atom stereocenters. The number of nitrogens with one attached hydrogen (secondary N) is 3. The molecule has 1 fully saturated rings. The molecule has 43 heavy (non-hydrogen) atoms. The zero-order valence-corrected chi connectivity index (χ0v) is 25.0. The molecular formula is C33H36N4O6. The monoisotopic (exact) mass is 584 g/mol. The molecule has 10 nitrogen and oxygen atoms in total. The Kier molecular flexibility index (Phi) is 8.99. The molecule has 224 valence electrons. The third-order valence-corrected chi connectivity index (χ3v) is 8.10. The molecule has 2 aromatic heterocycles. The van der Waals surface area contributed by atoms with E-state index in [0.717, 1.165) is 33.5 Å². The predicted molar refractivity (Wildman–Crippen MR) is 165 cm³/mol. The van der Waals surface area contributed by atoms with E-state index in [9.17, 15) is 29.4 Å². The standard InChI is InChI=1S/C33H36N4O6/c1-7-20-18(5)32(42)36-26(20)13-24-16(3)22(9-11-30(38)39)28(34-24)15-29-23(10-12-31(40)41)17(4)25(35-29)14-27-21(8-2)19(6)33(43)37-27/h7-8,13-15,19,34-35H,1,9-12H2,2-6H3,(H,37,43)(H,38,39)(H,40,41)/b21-8-,24-13+,27-14-,28-15-/t19-/m1/s1. The number of aliphatic imine (C=N–C) groups is 1. The van der Waals surface area contributed by atoms with Crippen LogP contribution in [0.4, 0.5) is 0 Å². The number of hydrogen-bond acceptors (Lipinski definition) is 4. The van der Waals surface area contributed by atoms with Gasteiger partial charge in [0.1, 0.15) is 0 Å². The SMILES string of the molecule is C=CC1=C(C)C(=O)N=C1/C=c1/[nH]/c(=C\c2[nH]c(/C=C3\NC(=O)[C@H](C)\C3=C\C)c(C)c2CCC(=O)O)c(CCC(=O)O)c1C. The molecule has 4 heterocycles. The molecule has 5 N–H and O–H groups in total. The number of carbonyl (C=O) groups excluding carboxylic acids is 2. The second-order valence-electron chi connectivity index (χ2n) is 10.7. The summed E-state index contributed by atoms with van der Waals surface area (Å²) in [6.07, 6.45) is 9.31. The molecule has 10 heteroatoms. The molecule has 0 radical (unpaired) electrons. The van der Waals surface area contributed by atoms with E-state index in [-0.39, 0.29) is 43.4 Å². The molecule has 4 rings (SSSR count). The summed E-state index contributed by atoms with van der Waals surface area (Å²) in [5, 5.41) is 23.1. The second kappa shape index (κ2) is 12.5. The van der Waals surface area contributed by atoms with Crippen LogP contribution in [0.1, 0.15) is 67.3 Å². The van der Waals surface area contributed by atoms with E-state index >= 15 is 0 Å². The quantitative estimate of drug-likeness (QED) is 0.288. The molecular weight excluding hydrogens is 548 g/mol. The highest BCUT2D eigenvalue weighted by atomic mass is 16.4. The third kappa shape index (κ3) is 6.28. The summed E-state index contributed by atoms with van der Waals surface area (Å²) in [4.78, 5) is 58.5. The van der Waals surface area contributed by atoms with Crippen LogP contribution >= 0.6 is 0 Å². The van der Waals surface area contributed by atoms with Crippen molar-refractivity contribution in [3.05, 3.63) is 85.5 Å². The van der Waals surface area contributed by atoms with Gasteiger partial charge < -0.3 is 25.5 Å². The summed E-state index contributed by atoms with van der Waals surface area (Å²) >= 11 is 0. The van der Waals surface area contributed by atoms with Gasteiger partial charge in [0.2, 0.25) is 5.91 Å². The maximum Gasteiger partial charge on any atom is 0.303 e. The Hall–Kier alpha value is -4.99. The minimum atomic E-state index is -0.935. The number of carbonyl (C=O) groups is 4. The lowest BCUT2D eigenvalue weighted by molar-refractivity contribution is -0.138. The Labute approximate surface area is 249 Å². The Morgan fingerprint density at radius 1 is 0.907 bits per heavy atom. The minimum absolute atomic E-state index is 0.0814. The summed E-state index contributed by atoms with van der Waals surface area (Å²) in [5.41, 5.74) is 7.82. The average molecular weight is 585 g/mol. The molecule has 0 saturated carbocycles. The van der Waals surface area contributed by atoms with Crippen molar-refractivity contribution in [1.82, 2.24) is 15.3 Å². The fourth-order valence-electron chi connectivity index (χ4n) is 5.57. The van der Waals surface area contributed by atoms with Crippen LogP contribution in [0.15, 0.2) is 46.1 Å². The number of carboxylic acids is 2. The molecule has 0 aromatic carbocycles. The first-order chi connectivity index (χ1) is 20.4. The van der Waals surface area contributed by atoms with Crippen molar-refractivity contribution >= 4 is 47.7 Å². The number of aromatic amines is 2. The smallest absolute Gasteiger partial charge is 0.303 e. The first-order valence-electron chi connectivity index (χ1n) is 14.1. The lowest BCUT2D eigenvalue weighted by Gasteiger charge is -2.03. The minimum Gasteiger partial charge on any atom is -0.481 e. The van der Waals surface area contributed by atoms with Gasteiger partial charge in [0, 0.05) is 51.8 Å². The lowest BCUT2D eigenvalue weighted by Crippen LogP contribution is -2.16. The Balaban J connectivity index is 1.92. The van der Waals surface area contributed by atoms with Gasteiger partial charge in [-0.1, -0.05) is 18.7 Å². The van der Waals surface area contributed by atoms with E-state index in [1.807, 2.05) is 45.9 Å². The van der Waals surface area contributed by atoms with Crippen molar-refractivity contribution in [2.75, 3.05) is 0 Å². The molecule has 1 saturated heterocycles. The molecule has 0 bridgehead atoms. The van der Waals surface area contributed by atoms with Crippen LogP contribution in [0.25, 0.3) is 18.2 Å². The van der Waals surface area contributed by atoms with Crippen molar-refractivity contribution in [2.24, 2.45) is 10.9 Å². The fourth-order valence-corrected chi connectivity index (χ4v) is 5.57. The number of aliphatic carboxylic acids is 2. The van der Waals surface area contributed by atoms with Crippen LogP contribution in [0.5, 0.6) is 0 Å². The predicted octanol–water partition coefficient (Wildman–Crippen LogP) is 3.14. The highest BCUT2D eigenvalue weighted by molar-refractivity contribution is 6.32. The van der Waals surface area contributed by atoms with Gasteiger partial charge in [-0.2, -0.15) is 0 Å². The van der Waals surface area contributed by atoms with Crippen molar-refractivity contribution in [3.63, 3.8) is 0 Å². The number of allylic oxidation sites excluding steroid dienone is 4. The van der Waals surface area contributed by atoms with Crippen molar-refractivity contribution in [3.8, 4) is 0 Å². The molecule has 2 aliphatic rings. The molecule has 2 aliphatic heterocycles. The molecule has 0 unspecified atom stereocenters. The Morgan fingerprint density at radius 3 is 2.16 bits per heavy atom. The molecule has 2 aromatic rings. The zero-order chi connectivity index (χ0) is 31.6. The van der Waals surface area contributed by atoms with Gasteiger partial charge in [0.25, 0.3) is 5.91 Å². The van der Waals surface area contributed by atoms with Gasteiger partial charge in [0.15, 0.2) is 0 Å². The number of carboxylic acid groups (broad SMARTS) is 2. The van der Waals surface area contributed by atoms with Crippen LogP contribution in [0.2, 0.25) is 0 Å². The van der Waals surface area contributed by atoms with Gasteiger partial charge in [-0.05, 0) is 93.5 Å². The topological polar surface area (TPSA) is 165 Å². The Morgan fingerprint density at radius 2 is 1.56 bits per heavy atom. The summed E-state index contributed by atoms with van der Waals surface area (Å²) in [7, 11) is 0. The number of nitrogens with zero attached hydrogens (tertiary/aromatic N) is 1. The summed E-state index contributed by atoms with van der Waals surface area (Å²) in [5.74, 6) is -2.56. The van der Waals surface area contributed by atoms with E-state index in [2.05, 4.69) is 26.9 Å². The van der Waals surface area contributed by atoms with E-state index in [1.54, 1.807) is 19.1 Å². The second-order valence-corrected chi connectivity index (χ2v) is 10.7. The van der Waals surface area contributed by atoms with Crippen LogP contribution in [0.3, 0.4) is 0 Å². The maximum atomic E-state index is 12.3. The number of rotatable bonds is 10. The summed E-state index contributed by atoms with van der Waals surface area (Å²) < 4.78 is 0. The van der Waals surface area contributed by atoms with E-state index in [4.69, 9.17) is 0 Å². The largest absolute Gasteiger partial charge is 0.481 e. The van der Waals surface area contributed by atoms with Gasteiger partial charge in [-0.25, -0.2) is 4.99 Å². The summed E-state index contributed by atoms with van der Waals surface area (Å²) in [6.45, 7) is 13.0. The highest BCUT2D eigenvalue weighted by Crippen LogP contribution is 2.29. The van der Waals surface area contributed by atoms with Gasteiger partial charge in [0.05, 0.1) is 11.6 Å². The van der Waals surface area contributed by atoms with E-state index in [1.165, 1.54) is 0 Å². The van der Waals surface area contributed by atoms with Crippen LogP contribution < -0.4 is 16.0 Å². The third-order valence-electron chi connectivity index (χ3n) is 8.10. The fraction of sp³-hybridized carbons (Fsp3) is 0.303. The van der Waals surface area contributed by atoms with E-state index in [0.29, 0.717) is 38.9 Å². The molecule has 0 spiro atoms. The van der Waals surface area contributed by atoms with Crippen LogP contribution in [0, 0.1) is 19.8 Å². The highest BCUT2D eigenvalue weighted by Gasteiger charge is 2.29. The molecule has 2 amide bonds. The lowest BCUT2D eigenvalue weighted by atomic mass is 10.00. The first-order valence-corrected chi connectivity index (χ1v) is 14.1. The van der Waals surface area contributed by atoms with Crippen molar-refractivity contribution in [1.29, 1.82) is 0 Å². The molecule has 0 aliphatic carbocycles. The van der Waals surface area contributed by atoms with E-state index < -0.39 is 11.9 Å². The Bertz CT molecular complexity index is 1810. The zero-order valence-electron chi connectivity index (χ0n) is 25.0. The normalized spacial score (nSPS) is 19.7. The number of aromatic nitrogens is 2. The average Bonchev–Trinajstić information content (AvgIpc) is 3.59. The number of hydrogen-bond donors (Lipinski definition) is 5. The van der Waals surface area contributed by atoms with Gasteiger partial charge in [-0.15, -0.1) is 0 Å². The van der Waals surface area contributed by atoms with Crippen LogP contribution in [-0.2, 0) is 32.0 Å². The van der Waals surface area contributed by atoms with Crippen molar-refractivity contribution < 1.29 is 29.4 Å². The van der Waals surface area contributed by atoms with Gasteiger partial charge in [-0.3, -0.25) is 19.2 Å². The number of amides is 2.